The van der Waals surface area contributed by atoms with Crippen LogP contribution in [0.4, 0.5) is 0 Å². The molecule has 1 aromatic heterocycles. The standard InChI is InChI=1S/C14H25N3/c1-4-15-10-14-11(2)16-17(12(14)3)13-8-6-5-7-9-13/h13,15H,4-10H2,1-3H3. The molecule has 1 N–H and O–H groups in total. The van der Waals surface area contributed by atoms with Gasteiger partial charge in [-0.05, 0) is 33.2 Å². The molecule has 0 amide bonds. The van der Waals surface area contributed by atoms with E-state index in [9.17, 15) is 0 Å². The van der Waals surface area contributed by atoms with Crippen LogP contribution in [-0.2, 0) is 6.54 Å². The summed E-state index contributed by atoms with van der Waals surface area (Å²) in [5.74, 6) is 0. The Morgan fingerprint density at radius 2 is 1.94 bits per heavy atom. The van der Waals surface area contributed by atoms with E-state index in [1.54, 1.807) is 0 Å². The minimum Gasteiger partial charge on any atom is -0.313 e. The lowest BCUT2D eigenvalue weighted by Crippen LogP contribution is -2.16. The zero-order valence-electron chi connectivity index (χ0n) is 11.4. The van der Waals surface area contributed by atoms with Crippen molar-refractivity contribution in [2.45, 2.75) is 65.5 Å². The fourth-order valence-corrected chi connectivity index (χ4v) is 2.88. The fourth-order valence-electron chi connectivity index (χ4n) is 2.88. The molecule has 1 heterocycles. The van der Waals surface area contributed by atoms with E-state index in [0.717, 1.165) is 13.1 Å². The molecule has 0 radical (unpaired) electrons. The Morgan fingerprint density at radius 1 is 1.24 bits per heavy atom. The summed E-state index contributed by atoms with van der Waals surface area (Å²) >= 11 is 0. The molecule has 1 fully saturated rings. The van der Waals surface area contributed by atoms with Gasteiger partial charge in [0.05, 0.1) is 11.7 Å². The predicted molar refractivity (Wildman–Crippen MR) is 71.2 cm³/mol. The van der Waals surface area contributed by atoms with E-state index < -0.39 is 0 Å². The van der Waals surface area contributed by atoms with Gasteiger partial charge in [-0.3, -0.25) is 4.68 Å². The number of hydrogen-bond acceptors (Lipinski definition) is 2. The summed E-state index contributed by atoms with van der Waals surface area (Å²) in [6, 6.07) is 0.651. The number of nitrogens with zero attached hydrogens (tertiary/aromatic N) is 2. The maximum absolute atomic E-state index is 4.76. The minimum absolute atomic E-state index is 0.651. The van der Waals surface area contributed by atoms with Gasteiger partial charge < -0.3 is 5.32 Å². The number of nitrogens with one attached hydrogen (secondary N) is 1. The van der Waals surface area contributed by atoms with Crippen molar-refractivity contribution in [1.82, 2.24) is 15.1 Å². The predicted octanol–water partition coefficient (Wildman–Crippen LogP) is 3.11. The van der Waals surface area contributed by atoms with Crippen LogP contribution in [0.3, 0.4) is 0 Å². The average Bonchev–Trinajstić information content (AvgIpc) is 2.64. The molecule has 0 aliphatic heterocycles. The van der Waals surface area contributed by atoms with E-state index in [-0.39, 0.29) is 0 Å². The molecule has 0 unspecified atom stereocenters. The van der Waals surface area contributed by atoms with Crippen LogP contribution in [0.5, 0.6) is 0 Å². The number of aromatic nitrogens is 2. The summed E-state index contributed by atoms with van der Waals surface area (Å²) in [4.78, 5) is 0. The highest BCUT2D eigenvalue weighted by atomic mass is 15.3. The van der Waals surface area contributed by atoms with Gasteiger partial charge in [-0.2, -0.15) is 5.10 Å². The lowest BCUT2D eigenvalue weighted by atomic mass is 9.95. The minimum atomic E-state index is 0.651. The topological polar surface area (TPSA) is 29.9 Å². The van der Waals surface area contributed by atoms with E-state index in [0.29, 0.717) is 6.04 Å². The molecule has 17 heavy (non-hydrogen) atoms. The van der Waals surface area contributed by atoms with E-state index in [2.05, 4.69) is 30.8 Å². The second-order valence-corrected chi connectivity index (χ2v) is 5.17. The van der Waals surface area contributed by atoms with Gasteiger partial charge in [0.25, 0.3) is 0 Å². The first kappa shape index (κ1) is 12.6. The molecule has 2 rings (SSSR count). The van der Waals surface area contributed by atoms with Crippen LogP contribution >= 0.6 is 0 Å². The third-order valence-electron chi connectivity index (χ3n) is 3.95. The maximum Gasteiger partial charge on any atom is 0.0641 e. The van der Waals surface area contributed by atoms with Crippen LogP contribution < -0.4 is 5.32 Å². The lowest BCUT2D eigenvalue weighted by Gasteiger charge is -2.23. The SMILES string of the molecule is CCNCc1c(C)nn(C2CCCCC2)c1C. The Morgan fingerprint density at radius 3 is 2.59 bits per heavy atom. The second-order valence-electron chi connectivity index (χ2n) is 5.17. The smallest absolute Gasteiger partial charge is 0.0641 e. The van der Waals surface area contributed by atoms with Crippen molar-refractivity contribution in [3.63, 3.8) is 0 Å². The van der Waals surface area contributed by atoms with Crippen molar-refractivity contribution >= 4 is 0 Å². The van der Waals surface area contributed by atoms with Crippen molar-refractivity contribution in [3.8, 4) is 0 Å². The Bertz CT molecular complexity index is 362. The highest BCUT2D eigenvalue weighted by Crippen LogP contribution is 2.30. The van der Waals surface area contributed by atoms with Crippen molar-refractivity contribution in [2.75, 3.05) is 6.54 Å². The van der Waals surface area contributed by atoms with Gasteiger partial charge in [0.1, 0.15) is 0 Å². The molecule has 1 aromatic rings. The lowest BCUT2D eigenvalue weighted by molar-refractivity contribution is 0.323. The average molecular weight is 235 g/mol. The van der Waals surface area contributed by atoms with E-state index in [4.69, 9.17) is 5.10 Å². The Kier molecular flexibility index (Phi) is 4.21. The molecule has 3 nitrogen and oxygen atoms in total. The molecule has 1 aliphatic rings. The quantitative estimate of drug-likeness (QED) is 0.869. The van der Waals surface area contributed by atoms with Gasteiger partial charge >= 0.3 is 0 Å². The summed E-state index contributed by atoms with van der Waals surface area (Å²) in [5.41, 5.74) is 3.97. The number of aryl methyl sites for hydroxylation is 1. The number of hydrogen-bond donors (Lipinski definition) is 1. The third-order valence-corrected chi connectivity index (χ3v) is 3.95. The number of rotatable bonds is 4. The van der Waals surface area contributed by atoms with Crippen molar-refractivity contribution in [3.05, 3.63) is 17.0 Å². The highest BCUT2D eigenvalue weighted by Gasteiger charge is 2.20. The Labute approximate surface area is 105 Å². The summed E-state index contributed by atoms with van der Waals surface area (Å²) in [5, 5.41) is 8.17. The molecule has 1 aliphatic carbocycles. The molecule has 96 valence electrons. The first-order valence-corrected chi connectivity index (χ1v) is 6.99. The van der Waals surface area contributed by atoms with Gasteiger partial charge in [0.2, 0.25) is 0 Å². The molecule has 0 bridgehead atoms. The zero-order chi connectivity index (χ0) is 12.3. The normalized spacial score (nSPS) is 17.6. The fraction of sp³-hybridized carbons (Fsp3) is 0.786. The molecule has 0 spiro atoms. The van der Waals surface area contributed by atoms with E-state index >= 15 is 0 Å². The molecule has 3 heteroatoms. The first-order chi connectivity index (χ1) is 8.24. The van der Waals surface area contributed by atoms with Crippen molar-refractivity contribution < 1.29 is 0 Å². The van der Waals surface area contributed by atoms with Crippen molar-refractivity contribution in [1.29, 1.82) is 0 Å². The zero-order valence-corrected chi connectivity index (χ0v) is 11.4. The molecule has 1 saturated carbocycles. The highest BCUT2D eigenvalue weighted by molar-refractivity contribution is 5.24. The Hall–Kier alpha value is -0.830. The summed E-state index contributed by atoms with van der Waals surface area (Å²) < 4.78 is 2.29. The molecule has 0 atom stereocenters. The van der Waals surface area contributed by atoms with Gasteiger partial charge in [-0.15, -0.1) is 0 Å². The Balaban J connectivity index is 2.17. The first-order valence-electron chi connectivity index (χ1n) is 6.99. The second kappa shape index (κ2) is 5.67. The largest absolute Gasteiger partial charge is 0.313 e. The van der Waals surface area contributed by atoms with Crippen LogP contribution in [0, 0.1) is 13.8 Å². The maximum atomic E-state index is 4.76. The van der Waals surface area contributed by atoms with Gasteiger partial charge in [0, 0.05) is 17.8 Å². The van der Waals surface area contributed by atoms with Crippen LogP contribution in [0.2, 0.25) is 0 Å². The third kappa shape index (κ3) is 2.71. The van der Waals surface area contributed by atoms with E-state index in [1.807, 2.05) is 0 Å². The van der Waals surface area contributed by atoms with Gasteiger partial charge in [-0.25, -0.2) is 0 Å². The van der Waals surface area contributed by atoms with Gasteiger partial charge in [0.15, 0.2) is 0 Å². The summed E-state index contributed by atoms with van der Waals surface area (Å²) in [6.45, 7) is 8.49. The van der Waals surface area contributed by atoms with Gasteiger partial charge in [-0.1, -0.05) is 26.2 Å². The summed E-state index contributed by atoms with van der Waals surface area (Å²) in [6.07, 6.45) is 6.75. The van der Waals surface area contributed by atoms with E-state index in [1.165, 1.54) is 49.1 Å². The van der Waals surface area contributed by atoms with Crippen LogP contribution in [0.25, 0.3) is 0 Å². The summed E-state index contributed by atoms with van der Waals surface area (Å²) in [7, 11) is 0. The van der Waals surface area contributed by atoms with Crippen LogP contribution in [0.15, 0.2) is 0 Å². The van der Waals surface area contributed by atoms with Crippen LogP contribution in [-0.4, -0.2) is 16.3 Å². The molecular formula is C14H25N3. The van der Waals surface area contributed by atoms with Crippen molar-refractivity contribution in [2.24, 2.45) is 0 Å². The monoisotopic (exact) mass is 235 g/mol. The molecule has 0 saturated heterocycles. The molecular weight excluding hydrogens is 210 g/mol. The molecule has 0 aromatic carbocycles. The van der Waals surface area contributed by atoms with Crippen LogP contribution in [0.1, 0.15) is 62.0 Å².